The number of aliphatic carboxylic acids is 1. The van der Waals surface area contributed by atoms with Gasteiger partial charge in [0.1, 0.15) is 0 Å². The molecule has 4 nitrogen and oxygen atoms in total. The number of rotatable bonds is 4. The van der Waals surface area contributed by atoms with Crippen LogP contribution in [0.15, 0.2) is 12.3 Å². The number of nitrogens with zero attached hydrogens (tertiary/aromatic N) is 2. The Morgan fingerprint density at radius 2 is 2.39 bits per heavy atom. The summed E-state index contributed by atoms with van der Waals surface area (Å²) in [5, 5.41) is 14.0. The summed E-state index contributed by atoms with van der Waals surface area (Å²) >= 11 is 0. The molecular weight excluding hydrogens is 228 g/mol. The highest BCUT2D eigenvalue weighted by molar-refractivity contribution is 5.76. The summed E-state index contributed by atoms with van der Waals surface area (Å²) in [5.41, 5.74) is 0.499. The number of carboxylic acids is 1. The number of hydrogen-bond acceptors (Lipinski definition) is 2. The number of aromatic nitrogens is 2. The Bertz CT molecular complexity index is 439. The van der Waals surface area contributed by atoms with E-state index in [0.29, 0.717) is 6.42 Å². The highest BCUT2D eigenvalue weighted by atomic mass is 16.4. The first-order chi connectivity index (χ1) is 8.53. The summed E-state index contributed by atoms with van der Waals surface area (Å²) in [6.45, 7) is 6.15. The molecule has 1 heterocycles. The molecule has 0 radical (unpaired) electrons. The van der Waals surface area contributed by atoms with Gasteiger partial charge in [-0.1, -0.05) is 13.3 Å². The van der Waals surface area contributed by atoms with Crippen LogP contribution in [0, 0.1) is 5.41 Å². The standard InChI is InChI=1S/C14H22N2O2/c1-4-14(13(17)18)8-5-6-11(14)12-7-9-15-16(12)10(2)3/h7,9-11H,4-6,8H2,1-3H3,(H,17,18). The zero-order valence-electron chi connectivity index (χ0n) is 11.4. The Hall–Kier alpha value is -1.32. The first kappa shape index (κ1) is 13.1. The summed E-state index contributed by atoms with van der Waals surface area (Å²) in [4.78, 5) is 11.7. The van der Waals surface area contributed by atoms with Crippen LogP contribution in [0.4, 0.5) is 0 Å². The zero-order chi connectivity index (χ0) is 13.3. The van der Waals surface area contributed by atoms with Crippen LogP contribution in [-0.4, -0.2) is 20.9 Å². The Morgan fingerprint density at radius 1 is 1.67 bits per heavy atom. The average molecular weight is 250 g/mol. The van der Waals surface area contributed by atoms with Crippen LogP contribution >= 0.6 is 0 Å². The van der Waals surface area contributed by atoms with Gasteiger partial charge in [-0.25, -0.2) is 0 Å². The molecule has 4 heteroatoms. The topological polar surface area (TPSA) is 55.1 Å². The lowest BCUT2D eigenvalue weighted by molar-refractivity contribution is -0.150. The normalized spacial score (nSPS) is 27.9. The third-order valence-corrected chi connectivity index (χ3v) is 4.39. The smallest absolute Gasteiger partial charge is 0.310 e. The van der Waals surface area contributed by atoms with E-state index in [1.165, 1.54) is 0 Å². The molecule has 0 spiro atoms. The molecule has 2 unspecified atom stereocenters. The molecule has 0 saturated heterocycles. The van der Waals surface area contributed by atoms with Gasteiger partial charge in [0.15, 0.2) is 0 Å². The van der Waals surface area contributed by atoms with E-state index in [4.69, 9.17) is 0 Å². The van der Waals surface area contributed by atoms with Crippen molar-refractivity contribution in [2.75, 3.05) is 0 Å². The van der Waals surface area contributed by atoms with E-state index in [1.54, 1.807) is 6.20 Å². The monoisotopic (exact) mass is 250 g/mol. The lowest BCUT2D eigenvalue weighted by Gasteiger charge is -2.31. The van der Waals surface area contributed by atoms with Crippen molar-refractivity contribution < 1.29 is 9.90 Å². The van der Waals surface area contributed by atoms with Crippen molar-refractivity contribution in [2.45, 2.75) is 58.4 Å². The molecule has 0 bridgehead atoms. The largest absolute Gasteiger partial charge is 0.481 e. The molecule has 1 aliphatic carbocycles. The van der Waals surface area contributed by atoms with E-state index in [2.05, 4.69) is 18.9 Å². The molecule has 18 heavy (non-hydrogen) atoms. The maximum Gasteiger partial charge on any atom is 0.310 e. The SMILES string of the molecule is CCC1(C(=O)O)CCCC1c1ccnn1C(C)C. The maximum atomic E-state index is 11.7. The van der Waals surface area contributed by atoms with Gasteiger partial charge in [-0.15, -0.1) is 0 Å². The molecule has 1 aromatic heterocycles. The van der Waals surface area contributed by atoms with Crippen LogP contribution in [0.2, 0.25) is 0 Å². The Balaban J connectivity index is 2.43. The molecule has 2 rings (SSSR count). The van der Waals surface area contributed by atoms with Gasteiger partial charge in [0, 0.05) is 23.9 Å². The van der Waals surface area contributed by atoms with E-state index in [1.807, 2.05) is 17.7 Å². The second-order valence-corrected chi connectivity index (χ2v) is 5.55. The fourth-order valence-electron chi connectivity index (χ4n) is 3.37. The minimum absolute atomic E-state index is 0.102. The summed E-state index contributed by atoms with van der Waals surface area (Å²) < 4.78 is 1.98. The molecule has 100 valence electrons. The summed E-state index contributed by atoms with van der Waals surface area (Å²) in [6, 6.07) is 2.27. The highest BCUT2D eigenvalue weighted by Crippen LogP contribution is 2.52. The predicted molar refractivity (Wildman–Crippen MR) is 69.6 cm³/mol. The van der Waals surface area contributed by atoms with Crippen molar-refractivity contribution in [3.63, 3.8) is 0 Å². The van der Waals surface area contributed by atoms with Crippen LogP contribution < -0.4 is 0 Å². The second kappa shape index (κ2) is 4.75. The predicted octanol–water partition coefficient (Wildman–Crippen LogP) is 3.21. The second-order valence-electron chi connectivity index (χ2n) is 5.55. The summed E-state index contributed by atoms with van der Waals surface area (Å²) in [6.07, 6.45) is 5.21. The van der Waals surface area contributed by atoms with Gasteiger partial charge in [0.05, 0.1) is 5.41 Å². The molecule has 1 fully saturated rings. The minimum Gasteiger partial charge on any atom is -0.481 e. The third kappa shape index (κ3) is 1.84. The average Bonchev–Trinajstić information content (AvgIpc) is 2.95. The molecule has 1 aliphatic rings. The Kier molecular flexibility index (Phi) is 3.46. The molecule has 0 amide bonds. The van der Waals surface area contributed by atoms with Gasteiger partial charge in [-0.2, -0.15) is 5.10 Å². The first-order valence-corrected chi connectivity index (χ1v) is 6.79. The molecule has 0 aromatic carbocycles. The van der Waals surface area contributed by atoms with Crippen molar-refractivity contribution in [3.8, 4) is 0 Å². The van der Waals surface area contributed by atoms with Crippen LogP contribution in [0.3, 0.4) is 0 Å². The Labute approximate surface area is 108 Å². The molecular formula is C14H22N2O2. The van der Waals surface area contributed by atoms with E-state index < -0.39 is 11.4 Å². The fraction of sp³-hybridized carbons (Fsp3) is 0.714. The summed E-state index contributed by atoms with van der Waals surface area (Å²) in [7, 11) is 0. The third-order valence-electron chi connectivity index (χ3n) is 4.39. The van der Waals surface area contributed by atoms with Gasteiger partial charge < -0.3 is 5.11 Å². The van der Waals surface area contributed by atoms with Crippen LogP contribution in [0.1, 0.15) is 64.1 Å². The zero-order valence-corrected chi connectivity index (χ0v) is 11.4. The molecule has 1 saturated carbocycles. The van der Waals surface area contributed by atoms with Crippen LogP contribution in [0.5, 0.6) is 0 Å². The maximum absolute atomic E-state index is 11.7. The fourth-order valence-corrected chi connectivity index (χ4v) is 3.37. The molecule has 1 aromatic rings. The van der Waals surface area contributed by atoms with Crippen LogP contribution in [0.25, 0.3) is 0 Å². The number of carboxylic acid groups (broad SMARTS) is 1. The lowest BCUT2D eigenvalue weighted by Crippen LogP contribution is -2.34. The van der Waals surface area contributed by atoms with Gasteiger partial charge in [0.2, 0.25) is 0 Å². The van der Waals surface area contributed by atoms with Crippen molar-refractivity contribution in [1.82, 2.24) is 9.78 Å². The van der Waals surface area contributed by atoms with Crippen molar-refractivity contribution >= 4 is 5.97 Å². The molecule has 2 atom stereocenters. The molecule has 1 N–H and O–H groups in total. The van der Waals surface area contributed by atoms with Gasteiger partial charge in [-0.05, 0) is 39.2 Å². The van der Waals surface area contributed by atoms with Crippen molar-refractivity contribution in [2.24, 2.45) is 5.41 Å². The number of hydrogen-bond donors (Lipinski definition) is 1. The molecule has 0 aliphatic heterocycles. The van der Waals surface area contributed by atoms with E-state index >= 15 is 0 Å². The highest BCUT2D eigenvalue weighted by Gasteiger charge is 2.49. The first-order valence-electron chi connectivity index (χ1n) is 6.79. The minimum atomic E-state index is -0.649. The van der Waals surface area contributed by atoms with E-state index in [9.17, 15) is 9.90 Å². The van der Waals surface area contributed by atoms with Gasteiger partial charge in [0.25, 0.3) is 0 Å². The van der Waals surface area contributed by atoms with Gasteiger partial charge in [-0.3, -0.25) is 9.48 Å². The Morgan fingerprint density at radius 3 is 2.94 bits per heavy atom. The lowest BCUT2D eigenvalue weighted by atomic mass is 9.74. The van der Waals surface area contributed by atoms with E-state index in [-0.39, 0.29) is 12.0 Å². The van der Waals surface area contributed by atoms with Crippen molar-refractivity contribution in [1.29, 1.82) is 0 Å². The van der Waals surface area contributed by atoms with Crippen molar-refractivity contribution in [3.05, 3.63) is 18.0 Å². The van der Waals surface area contributed by atoms with Gasteiger partial charge >= 0.3 is 5.97 Å². The number of carbonyl (C=O) groups is 1. The summed E-state index contributed by atoms with van der Waals surface area (Å²) in [5.74, 6) is -0.547. The van der Waals surface area contributed by atoms with E-state index in [0.717, 1.165) is 25.0 Å². The quantitative estimate of drug-likeness (QED) is 0.892. The van der Waals surface area contributed by atoms with Crippen LogP contribution in [-0.2, 0) is 4.79 Å².